The summed E-state index contributed by atoms with van der Waals surface area (Å²) < 4.78 is 0. The van der Waals surface area contributed by atoms with Gasteiger partial charge in [-0.05, 0) is 42.7 Å². The van der Waals surface area contributed by atoms with E-state index in [1.165, 1.54) is 5.56 Å². The molecule has 0 fully saturated rings. The van der Waals surface area contributed by atoms with Crippen LogP contribution in [0.2, 0.25) is 0 Å². The van der Waals surface area contributed by atoms with Gasteiger partial charge < -0.3 is 10.6 Å². The van der Waals surface area contributed by atoms with Gasteiger partial charge in [-0.2, -0.15) is 5.26 Å². The number of nitrogens with zero attached hydrogens (tertiary/aromatic N) is 2. The molecular formula is C18H21N3. The predicted molar refractivity (Wildman–Crippen MR) is 88.1 cm³/mol. The standard InChI is InChI=1S/C18H21N3/c1-3-11-21(13-15-7-9-17(20)10-8-15)18-14(2)5-4-6-16(18)12-19/h4-10H,3,11,13,20H2,1-2H3. The molecular weight excluding hydrogens is 258 g/mol. The van der Waals surface area contributed by atoms with Gasteiger partial charge in [0, 0.05) is 18.8 Å². The first-order valence-electron chi connectivity index (χ1n) is 7.24. The minimum atomic E-state index is 0.735. The second-order valence-corrected chi connectivity index (χ2v) is 5.25. The first-order chi connectivity index (χ1) is 10.2. The molecule has 0 aliphatic rings. The van der Waals surface area contributed by atoms with Crippen molar-refractivity contribution in [1.82, 2.24) is 0 Å². The van der Waals surface area contributed by atoms with E-state index in [2.05, 4.69) is 30.9 Å². The summed E-state index contributed by atoms with van der Waals surface area (Å²) in [6.45, 7) is 5.92. The van der Waals surface area contributed by atoms with Crippen molar-refractivity contribution in [3.63, 3.8) is 0 Å². The minimum absolute atomic E-state index is 0.735. The maximum Gasteiger partial charge on any atom is 0.101 e. The fourth-order valence-corrected chi connectivity index (χ4v) is 2.55. The SMILES string of the molecule is CCCN(Cc1ccc(N)cc1)c1c(C)cccc1C#N. The lowest BCUT2D eigenvalue weighted by Crippen LogP contribution is -2.25. The molecule has 0 saturated carbocycles. The number of nitriles is 1. The normalized spacial score (nSPS) is 10.1. The zero-order chi connectivity index (χ0) is 15.2. The van der Waals surface area contributed by atoms with E-state index >= 15 is 0 Å². The quantitative estimate of drug-likeness (QED) is 0.845. The summed E-state index contributed by atoms with van der Waals surface area (Å²) in [5.41, 5.74) is 10.6. The van der Waals surface area contributed by atoms with Crippen molar-refractivity contribution in [1.29, 1.82) is 5.26 Å². The lowest BCUT2D eigenvalue weighted by molar-refractivity contribution is 0.764. The zero-order valence-corrected chi connectivity index (χ0v) is 12.6. The van der Waals surface area contributed by atoms with Gasteiger partial charge in [0.1, 0.15) is 6.07 Å². The van der Waals surface area contributed by atoms with E-state index in [-0.39, 0.29) is 0 Å². The number of hydrogen-bond donors (Lipinski definition) is 1. The lowest BCUT2D eigenvalue weighted by atomic mass is 10.1. The summed E-state index contributed by atoms with van der Waals surface area (Å²) in [6.07, 6.45) is 1.04. The Kier molecular flexibility index (Phi) is 4.84. The van der Waals surface area contributed by atoms with Crippen LogP contribution in [-0.4, -0.2) is 6.54 Å². The molecule has 0 spiro atoms. The molecule has 2 rings (SSSR count). The molecule has 3 heteroatoms. The third kappa shape index (κ3) is 3.55. The number of anilines is 2. The van der Waals surface area contributed by atoms with Crippen LogP contribution in [-0.2, 0) is 6.54 Å². The molecule has 108 valence electrons. The predicted octanol–water partition coefficient (Wildman–Crippen LogP) is 3.87. The van der Waals surface area contributed by atoms with Gasteiger partial charge in [0.2, 0.25) is 0 Å². The average molecular weight is 279 g/mol. The number of benzene rings is 2. The van der Waals surface area contributed by atoms with Crippen molar-refractivity contribution in [3.8, 4) is 6.07 Å². The molecule has 21 heavy (non-hydrogen) atoms. The van der Waals surface area contributed by atoms with Crippen molar-refractivity contribution >= 4 is 11.4 Å². The van der Waals surface area contributed by atoms with Crippen LogP contribution in [0.5, 0.6) is 0 Å². The van der Waals surface area contributed by atoms with Crippen LogP contribution in [0.3, 0.4) is 0 Å². The zero-order valence-electron chi connectivity index (χ0n) is 12.6. The number of para-hydroxylation sites is 1. The minimum Gasteiger partial charge on any atom is -0.399 e. The van der Waals surface area contributed by atoms with Gasteiger partial charge in [-0.25, -0.2) is 0 Å². The van der Waals surface area contributed by atoms with E-state index in [9.17, 15) is 5.26 Å². The largest absolute Gasteiger partial charge is 0.399 e. The van der Waals surface area contributed by atoms with E-state index in [1.54, 1.807) is 0 Å². The van der Waals surface area contributed by atoms with Crippen molar-refractivity contribution in [2.24, 2.45) is 0 Å². The first-order valence-corrected chi connectivity index (χ1v) is 7.24. The monoisotopic (exact) mass is 279 g/mol. The number of hydrogen-bond acceptors (Lipinski definition) is 3. The number of nitrogens with two attached hydrogens (primary N) is 1. The number of rotatable bonds is 5. The summed E-state index contributed by atoms with van der Waals surface area (Å²) in [5.74, 6) is 0. The molecule has 0 unspecified atom stereocenters. The van der Waals surface area contributed by atoms with Gasteiger partial charge in [-0.3, -0.25) is 0 Å². The van der Waals surface area contributed by atoms with Crippen molar-refractivity contribution < 1.29 is 0 Å². The summed E-state index contributed by atoms with van der Waals surface area (Å²) in [6, 6.07) is 16.1. The van der Waals surface area contributed by atoms with E-state index in [1.807, 2.05) is 36.4 Å². The second-order valence-electron chi connectivity index (χ2n) is 5.25. The van der Waals surface area contributed by atoms with Gasteiger partial charge >= 0.3 is 0 Å². The maximum absolute atomic E-state index is 9.37. The number of nitrogen functional groups attached to an aromatic ring is 1. The molecule has 0 aliphatic heterocycles. The van der Waals surface area contributed by atoms with Crippen LogP contribution in [0.1, 0.15) is 30.0 Å². The summed E-state index contributed by atoms with van der Waals surface area (Å²) in [7, 11) is 0. The highest BCUT2D eigenvalue weighted by Crippen LogP contribution is 2.26. The first kappa shape index (κ1) is 14.9. The van der Waals surface area contributed by atoms with Gasteiger partial charge in [0.05, 0.1) is 11.3 Å². The van der Waals surface area contributed by atoms with E-state index in [0.29, 0.717) is 0 Å². The van der Waals surface area contributed by atoms with Crippen LogP contribution in [0.15, 0.2) is 42.5 Å². The molecule has 0 radical (unpaired) electrons. The average Bonchev–Trinajstić information content (AvgIpc) is 2.49. The second kappa shape index (κ2) is 6.81. The molecule has 0 amide bonds. The molecule has 0 aromatic heterocycles. The van der Waals surface area contributed by atoms with Crippen LogP contribution in [0.4, 0.5) is 11.4 Å². The fraction of sp³-hybridized carbons (Fsp3) is 0.278. The van der Waals surface area contributed by atoms with Crippen molar-refractivity contribution in [2.45, 2.75) is 26.8 Å². The Bertz CT molecular complexity index is 639. The molecule has 0 atom stereocenters. The smallest absolute Gasteiger partial charge is 0.101 e. The highest BCUT2D eigenvalue weighted by Gasteiger charge is 2.13. The van der Waals surface area contributed by atoms with Crippen LogP contribution < -0.4 is 10.6 Å². The Morgan fingerprint density at radius 2 is 1.86 bits per heavy atom. The molecule has 0 bridgehead atoms. The highest BCUT2D eigenvalue weighted by atomic mass is 15.1. The Labute approximate surface area is 126 Å². The Morgan fingerprint density at radius 1 is 1.14 bits per heavy atom. The van der Waals surface area contributed by atoms with Crippen LogP contribution in [0.25, 0.3) is 0 Å². The summed E-state index contributed by atoms with van der Waals surface area (Å²) >= 11 is 0. The maximum atomic E-state index is 9.37. The molecule has 2 N–H and O–H groups in total. The third-order valence-corrected chi connectivity index (χ3v) is 3.52. The van der Waals surface area contributed by atoms with Gasteiger partial charge in [0.15, 0.2) is 0 Å². The molecule has 2 aromatic rings. The van der Waals surface area contributed by atoms with E-state index in [0.717, 1.165) is 42.0 Å². The van der Waals surface area contributed by atoms with Gasteiger partial charge in [-0.15, -0.1) is 0 Å². The third-order valence-electron chi connectivity index (χ3n) is 3.52. The topological polar surface area (TPSA) is 53.0 Å². The molecule has 3 nitrogen and oxygen atoms in total. The Morgan fingerprint density at radius 3 is 2.48 bits per heavy atom. The number of aryl methyl sites for hydroxylation is 1. The fourth-order valence-electron chi connectivity index (χ4n) is 2.55. The van der Waals surface area contributed by atoms with Crippen LogP contribution in [0, 0.1) is 18.3 Å². The Hall–Kier alpha value is -2.47. The summed E-state index contributed by atoms with van der Waals surface area (Å²) in [5, 5.41) is 9.37. The summed E-state index contributed by atoms with van der Waals surface area (Å²) in [4.78, 5) is 2.28. The van der Waals surface area contributed by atoms with E-state index in [4.69, 9.17) is 5.73 Å². The van der Waals surface area contributed by atoms with Crippen molar-refractivity contribution in [3.05, 3.63) is 59.2 Å². The van der Waals surface area contributed by atoms with Gasteiger partial charge in [0.25, 0.3) is 0 Å². The van der Waals surface area contributed by atoms with E-state index < -0.39 is 0 Å². The lowest BCUT2D eigenvalue weighted by Gasteiger charge is -2.27. The molecule has 0 saturated heterocycles. The molecule has 0 heterocycles. The molecule has 2 aromatic carbocycles. The highest BCUT2D eigenvalue weighted by molar-refractivity contribution is 5.64. The molecule has 0 aliphatic carbocycles. The Balaban J connectivity index is 2.35. The van der Waals surface area contributed by atoms with Crippen molar-refractivity contribution in [2.75, 3.05) is 17.2 Å². The van der Waals surface area contributed by atoms with Crippen LogP contribution >= 0.6 is 0 Å². The van der Waals surface area contributed by atoms with Gasteiger partial charge in [-0.1, -0.05) is 31.2 Å².